The van der Waals surface area contributed by atoms with Crippen molar-refractivity contribution in [2.75, 3.05) is 13.1 Å². The third-order valence-corrected chi connectivity index (χ3v) is 9.26. The van der Waals surface area contributed by atoms with Crippen LogP contribution in [-0.2, 0) is 25.2 Å². The van der Waals surface area contributed by atoms with Gasteiger partial charge in [0.15, 0.2) is 0 Å². The van der Waals surface area contributed by atoms with Gasteiger partial charge in [-0.3, -0.25) is 14.3 Å². The Labute approximate surface area is 223 Å². The highest BCUT2D eigenvalue weighted by atomic mass is 19.4. The summed E-state index contributed by atoms with van der Waals surface area (Å²) < 4.78 is 46.0. The van der Waals surface area contributed by atoms with E-state index < -0.39 is 17.3 Å². The van der Waals surface area contributed by atoms with Crippen molar-refractivity contribution in [3.8, 4) is 5.69 Å². The summed E-state index contributed by atoms with van der Waals surface area (Å²) in [5.41, 5.74) is 0.316. The first kappa shape index (κ1) is 24.6. The number of aryl methyl sites for hydroxylation is 1. The van der Waals surface area contributed by atoms with Gasteiger partial charge in [0.25, 0.3) is 5.56 Å². The Bertz CT molecular complexity index is 1600. The minimum atomic E-state index is -4.61. The van der Waals surface area contributed by atoms with Crippen molar-refractivity contribution in [2.24, 2.45) is 18.9 Å². The molecule has 0 amide bonds. The van der Waals surface area contributed by atoms with Gasteiger partial charge in [-0.05, 0) is 67.7 Å². The highest BCUT2D eigenvalue weighted by Crippen LogP contribution is 2.48. The fourth-order valence-corrected chi connectivity index (χ4v) is 7.30. The lowest BCUT2D eigenvalue weighted by Crippen LogP contribution is -2.38. The lowest BCUT2D eigenvalue weighted by atomic mass is 9.63. The fourth-order valence-electron chi connectivity index (χ4n) is 7.30. The van der Waals surface area contributed by atoms with E-state index in [1.807, 2.05) is 23.7 Å². The van der Waals surface area contributed by atoms with Gasteiger partial charge in [0, 0.05) is 49.6 Å². The number of alkyl halides is 3. The van der Waals surface area contributed by atoms with Crippen molar-refractivity contribution < 1.29 is 13.2 Å². The molecule has 1 N–H and O–H groups in total. The van der Waals surface area contributed by atoms with Crippen LogP contribution in [0.3, 0.4) is 0 Å². The van der Waals surface area contributed by atoms with Gasteiger partial charge in [0.1, 0.15) is 17.7 Å². The molecule has 2 saturated carbocycles. The first-order valence-electron chi connectivity index (χ1n) is 13.7. The summed E-state index contributed by atoms with van der Waals surface area (Å²) in [6, 6.07) is 8.80. The molecule has 1 saturated heterocycles. The van der Waals surface area contributed by atoms with Gasteiger partial charge in [0.2, 0.25) is 0 Å². The molecule has 7 nitrogen and oxygen atoms in total. The molecule has 39 heavy (non-hydrogen) atoms. The summed E-state index contributed by atoms with van der Waals surface area (Å²) in [6.07, 6.45) is 4.47. The van der Waals surface area contributed by atoms with E-state index in [1.165, 1.54) is 25.3 Å². The molecule has 2 unspecified atom stereocenters. The molecule has 1 aliphatic heterocycles. The third kappa shape index (κ3) is 4.02. The van der Waals surface area contributed by atoms with Crippen LogP contribution < -0.4 is 5.56 Å². The molecule has 2 aliphatic carbocycles. The number of pyridine rings is 1. The molecule has 10 heteroatoms. The molecule has 4 heterocycles. The van der Waals surface area contributed by atoms with Crippen LogP contribution in [0.1, 0.15) is 61.2 Å². The van der Waals surface area contributed by atoms with Crippen molar-refractivity contribution in [3.05, 3.63) is 75.9 Å². The van der Waals surface area contributed by atoms with Crippen LogP contribution in [0, 0.1) is 11.8 Å². The summed E-state index contributed by atoms with van der Waals surface area (Å²) >= 11 is 0. The summed E-state index contributed by atoms with van der Waals surface area (Å²) in [4.78, 5) is 19.1. The highest BCUT2D eigenvalue weighted by Gasteiger charge is 2.44. The Morgan fingerprint density at radius 1 is 1.13 bits per heavy atom. The van der Waals surface area contributed by atoms with Gasteiger partial charge in [-0.1, -0.05) is 18.6 Å². The molecular weight excluding hydrogens is 505 g/mol. The summed E-state index contributed by atoms with van der Waals surface area (Å²) in [5.74, 6) is 2.16. The molecule has 3 aromatic heterocycles. The Balaban J connectivity index is 1.31. The average Bonchev–Trinajstić information content (AvgIpc) is 3.57. The van der Waals surface area contributed by atoms with Crippen LogP contribution in [0.4, 0.5) is 13.2 Å². The number of nitrogens with one attached hydrogen (secondary N) is 1. The number of likely N-dealkylation sites (tertiary alicyclic amines) is 1. The monoisotopic (exact) mass is 536 g/mol. The van der Waals surface area contributed by atoms with Gasteiger partial charge < -0.3 is 9.55 Å². The summed E-state index contributed by atoms with van der Waals surface area (Å²) in [6.45, 7) is 2.44. The Kier molecular flexibility index (Phi) is 5.56. The van der Waals surface area contributed by atoms with E-state index in [0.717, 1.165) is 54.5 Å². The van der Waals surface area contributed by atoms with Gasteiger partial charge >= 0.3 is 6.18 Å². The second kappa shape index (κ2) is 8.81. The maximum Gasteiger partial charge on any atom is 0.418 e. The van der Waals surface area contributed by atoms with E-state index in [1.54, 1.807) is 18.5 Å². The maximum atomic E-state index is 14.3. The van der Waals surface area contributed by atoms with Crippen molar-refractivity contribution in [1.82, 2.24) is 29.2 Å². The summed E-state index contributed by atoms with van der Waals surface area (Å²) in [7, 11) is 1.89. The number of halogens is 3. The molecule has 2 atom stereocenters. The number of rotatable bonds is 5. The Morgan fingerprint density at radius 3 is 2.54 bits per heavy atom. The smallest absolute Gasteiger partial charge is 0.353 e. The normalized spacial score (nSPS) is 22.9. The van der Waals surface area contributed by atoms with Crippen molar-refractivity contribution in [2.45, 2.75) is 56.7 Å². The zero-order valence-electron chi connectivity index (χ0n) is 21.8. The minimum absolute atomic E-state index is 0.00290. The first-order chi connectivity index (χ1) is 18.7. The van der Waals surface area contributed by atoms with Crippen LogP contribution >= 0.6 is 0 Å². The topological polar surface area (TPSA) is 71.7 Å². The highest BCUT2D eigenvalue weighted by molar-refractivity contribution is 5.84. The largest absolute Gasteiger partial charge is 0.418 e. The van der Waals surface area contributed by atoms with E-state index >= 15 is 0 Å². The molecule has 0 spiro atoms. The lowest BCUT2D eigenvalue weighted by molar-refractivity contribution is -0.136. The second-order valence-corrected chi connectivity index (χ2v) is 11.8. The number of aromatic nitrogens is 5. The predicted octanol–water partition coefficient (Wildman–Crippen LogP) is 5.17. The quantitative estimate of drug-likeness (QED) is 0.382. The average molecular weight is 537 g/mol. The number of fused-ring (bicyclic) bond motifs is 3. The number of aromatic amines is 1. The van der Waals surface area contributed by atoms with E-state index in [-0.39, 0.29) is 16.3 Å². The van der Waals surface area contributed by atoms with Crippen LogP contribution in [-0.4, -0.2) is 42.3 Å². The second-order valence-electron chi connectivity index (χ2n) is 11.8. The Hall–Kier alpha value is -3.40. The number of nitrogens with zero attached hydrogens (tertiary/aromatic N) is 5. The number of hydrogen-bond donors (Lipinski definition) is 1. The van der Waals surface area contributed by atoms with E-state index in [0.29, 0.717) is 29.8 Å². The number of piperidine rings is 1. The van der Waals surface area contributed by atoms with Crippen molar-refractivity contribution in [1.29, 1.82) is 0 Å². The molecule has 2 bridgehead atoms. The minimum Gasteiger partial charge on any atom is -0.353 e. The van der Waals surface area contributed by atoms with Gasteiger partial charge in [-0.15, -0.1) is 10.2 Å². The molecule has 4 aromatic rings. The van der Waals surface area contributed by atoms with Crippen LogP contribution in [0.5, 0.6) is 0 Å². The molecule has 1 aromatic carbocycles. The fraction of sp³-hybridized carbons (Fsp3) is 0.483. The van der Waals surface area contributed by atoms with Gasteiger partial charge in [-0.2, -0.15) is 13.2 Å². The Morgan fingerprint density at radius 2 is 1.90 bits per heavy atom. The zero-order valence-corrected chi connectivity index (χ0v) is 21.8. The molecule has 7 rings (SSSR count). The van der Waals surface area contributed by atoms with Crippen LogP contribution in [0.15, 0.2) is 47.7 Å². The number of H-pyrrole nitrogens is 1. The van der Waals surface area contributed by atoms with Crippen LogP contribution in [0.2, 0.25) is 0 Å². The van der Waals surface area contributed by atoms with Gasteiger partial charge in [-0.25, -0.2) is 0 Å². The molecular formula is C29H31F3N6O. The van der Waals surface area contributed by atoms with E-state index in [9.17, 15) is 18.0 Å². The number of hydrogen-bond acceptors (Lipinski definition) is 4. The first-order valence-corrected chi connectivity index (χ1v) is 13.7. The van der Waals surface area contributed by atoms with E-state index in [2.05, 4.69) is 20.1 Å². The number of benzene rings is 1. The molecule has 0 radical (unpaired) electrons. The third-order valence-electron chi connectivity index (χ3n) is 9.26. The standard InChI is InChI=1S/C29H31F3N6O/c1-36-17-33-35-27(36)28(8-3-9-28)20-4-2-5-22(11-20)38-16-24(29(30,31)32)23-12-21(34-25(23)26(38)39)15-37-13-18-6-7-19(10-18)14-37/h2,4-5,11-12,16-19,34H,3,6-10,13-15H2,1H3. The van der Waals surface area contributed by atoms with Crippen LogP contribution in [0.25, 0.3) is 16.6 Å². The zero-order chi connectivity index (χ0) is 26.9. The maximum absolute atomic E-state index is 14.3. The SMILES string of the molecule is Cn1cnnc1C1(c2cccc(-n3cc(C(F)(F)F)c4cc(CN5CC6CCC(C6)C5)[nH]c4c3=O)c2)CCC1. The van der Waals surface area contributed by atoms with Crippen molar-refractivity contribution >= 4 is 10.9 Å². The predicted molar refractivity (Wildman–Crippen MR) is 141 cm³/mol. The van der Waals surface area contributed by atoms with Gasteiger partial charge in [0.05, 0.1) is 11.0 Å². The van der Waals surface area contributed by atoms with E-state index in [4.69, 9.17) is 0 Å². The molecule has 3 aliphatic rings. The molecule has 204 valence electrons. The molecule has 3 fully saturated rings. The lowest BCUT2D eigenvalue weighted by Gasteiger charge is -2.41. The van der Waals surface area contributed by atoms with Crippen molar-refractivity contribution in [3.63, 3.8) is 0 Å². The summed E-state index contributed by atoms with van der Waals surface area (Å²) in [5, 5.41) is 8.32.